The second kappa shape index (κ2) is 7.08. The number of amides is 1. The summed E-state index contributed by atoms with van der Waals surface area (Å²) in [7, 11) is -6.76. The predicted molar refractivity (Wildman–Crippen MR) is 98.2 cm³/mol. The summed E-state index contributed by atoms with van der Waals surface area (Å²) in [6, 6.07) is 13.5. The molecule has 0 saturated carbocycles. The molecule has 0 bridgehead atoms. The van der Waals surface area contributed by atoms with Crippen LogP contribution < -0.4 is 10.0 Å². The molecule has 1 saturated heterocycles. The van der Waals surface area contributed by atoms with E-state index in [-0.39, 0.29) is 28.4 Å². The van der Waals surface area contributed by atoms with E-state index in [9.17, 15) is 21.6 Å². The zero-order valence-electron chi connectivity index (χ0n) is 13.8. The van der Waals surface area contributed by atoms with Crippen LogP contribution in [0, 0.1) is 0 Å². The molecule has 1 fully saturated rings. The van der Waals surface area contributed by atoms with Gasteiger partial charge in [0.2, 0.25) is 0 Å². The molecule has 1 heterocycles. The molecule has 1 amide bonds. The van der Waals surface area contributed by atoms with Gasteiger partial charge in [-0.2, -0.15) is 0 Å². The highest BCUT2D eigenvalue weighted by Gasteiger charge is 2.29. The normalized spacial score (nSPS) is 19.0. The minimum atomic E-state index is -3.70. The molecule has 0 radical (unpaired) electrons. The Hall–Kier alpha value is -2.39. The van der Waals surface area contributed by atoms with Crippen LogP contribution in [-0.2, 0) is 19.9 Å². The van der Waals surface area contributed by atoms with Gasteiger partial charge in [-0.15, -0.1) is 0 Å². The van der Waals surface area contributed by atoms with E-state index in [0.717, 1.165) is 0 Å². The highest BCUT2D eigenvalue weighted by Crippen LogP contribution is 2.17. The van der Waals surface area contributed by atoms with Crippen LogP contribution in [0.2, 0.25) is 0 Å². The van der Waals surface area contributed by atoms with Crippen LogP contribution in [0.15, 0.2) is 59.5 Å². The number of rotatable bonds is 5. The third-order valence-electron chi connectivity index (χ3n) is 4.02. The van der Waals surface area contributed by atoms with Gasteiger partial charge in [-0.3, -0.25) is 9.52 Å². The lowest BCUT2D eigenvalue weighted by Crippen LogP contribution is -2.35. The maximum absolute atomic E-state index is 12.3. The summed E-state index contributed by atoms with van der Waals surface area (Å²) in [5, 5.41) is 2.69. The van der Waals surface area contributed by atoms with Crippen LogP contribution in [-0.4, -0.2) is 40.3 Å². The first kappa shape index (κ1) is 18.4. The molecular formula is C17H18N2O5S2. The molecule has 3 rings (SSSR count). The van der Waals surface area contributed by atoms with Crippen LogP contribution in [0.4, 0.5) is 5.69 Å². The van der Waals surface area contributed by atoms with Gasteiger partial charge < -0.3 is 5.32 Å². The van der Waals surface area contributed by atoms with Crippen molar-refractivity contribution >= 4 is 31.5 Å². The van der Waals surface area contributed by atoms with E-state index in [2.05, 4.69) is 10.0 Å². The van der Waals surface area contributed by atoms with Crippen molar-refractivity contribution in [3.8, 4) is 0 Å². The third kappa shape index (κ3) is 4.41. The van der Waals surface area contributed by atoms with Crippen molar-refractivity contribution < 1.29 is 21.6 Å². The van der Waals surface area contributed by atoms with E-state index >= 15 is 0 Å². The molecule has 0 aliphatic carbocycles. The molecule has 0 aromatic heterocycles. The SMILES string of the molecule is O=C(N[C@H]1CCS(=O)(=O)C1)c1ccc(NS(=O)(=O)c2ccccc2)cc1. The van der Waals surface area contributed by atoms with E-state index in [0.29, 0.717) is 17.7 Å². The third-order valence-corrected chi connectivity index (χ3v) is 7.19. The maximum Gasteiger partial charge on any atom is 0.261 e. The van der Waals surface area contributed by atoms with Crippen molar-refractivity contribution in [3.63, 3.8) is 0 Å². The van der Waals surface area contributed by atoms with Crippen molar-refractivity contribution in [1.82, 2.24) is 5.32 Å². The van der Waals surface area contributed by atoms with Gasteiger partial charge in [0.05, 0.1) is 16.4 Å². The van der Waals surface area contributed by atoms with Crippen molar-refractivity contribution in [3.05, 3.63) is 60.2 Å². The van der Waals surface area contributed by atoms with Crippen molar-refractivity contribution in [2.75, 3.05) is 16.2 Å². The van der Waals surface area contributed by atoms with E-state index in [1.54, 1.807) is 18.2 Å². The fourth-order valence-electron chi connectivity index (χ4n) is 2.68. The summed E-state index contributed by atoms with van der Waals surface area (Å²) < 4.78 is 49.8. The molecule has 1 atom stereocenters. The minimum absolute atomic E-state index is 0.0479. The number of carbonyl (C=O) groups is 1. The molecule has 9 heteroatoms. The minimum Gasteiger partial charge on any atom is -0.348 e. The fraction of sp³-hybridized carbons (Fsp3) is 0.235. The zero-order chi connectivity index (χ0) is 18.8. The smallest absolute Gasteiger partial charge is 0.261 e. The molecule has 0 spiro atoms. The van der Waals surface area contributed by atoms with Crippen molar-refractivity contribution in [1.29, 1.82) is 0 Å². The molecular weight excluding hydrogens is 376 g/mol. The van der Waals surface area contributed by atoms with Gasteiger partial charge in [0.1, 0.15) is 0 Å². The van der Waals surface area contributed by atoms with E-state index in [1.165, 1.54) is 36.4 Å². The number of benzene rings is 2. The van der Waals surface area contributed by atoms with Crippen LogP contribution in [0.5, 0.6) is 0 Å². The number of hydrogen-bond acceptors (Lipinski definition) is 5. The molecule has 0 unspecified atom stereocenters. The first-order valence-corrected chi connectivity index (χ1v) is 11.2. The Morgan fingerprint density at radius 3 is 2.23 bits per heavy atom. The summed E-state index contributed by atoms with van der Waals surface area (Å²) in [5.41, 5.74) is 0.658. The summed E-state index contributed by atoms with van der Waals surface area (Å²) in [6.07, 6.45) is 0.406. The van der Waals surface area contributed by atoms with Crippen LogP contribution in [0.25, 0.3) is 0 Å². The molecule has 2 N–H and O–H groups in total. The van der Waals surface area contributed by atoms with Gasteiger partial charge in [-0.1, -0.05) is 18.2 Å². The number of sulfone groups is 1. The lowest BCUT2D eigenvalue weighted by atomic mass is 10.1. The number of sulfonamides is 1. The van der Waals surface area contributed by atoms with Gasteiger partial charge >= 0.3 is 0 Å². The summed E-state index contributed by atoms with van der Waals surface area (Å²) in [4.78, 5) is 12.3. The van der Waals surface area contributed by atoms with Gasteiger partial charge in [0, 0.05) is 17.3 Å². The molecule has 1 aliphatic rings. The molecule has 138 valence electrons. The Kier molecular flexibility index (Phi) is 5.01. The van der Waals surface area contributed by atoms with Gasteiger partial charge in [-0.05, 0) is 42.8 Å². The average molecular weight is 394 g/mol. The Morgan fingerprint density at radius 2 is 1.65 bits per heavy atom. The van der Waals surface area contributed by atoms with Crippen molar-refractivity contribution in [2.24, 2.45) is 0 Å². The molecule has 2 aromatic carbocycles. The topological polar surface area (TPSA) is 109 Å². The Morgan fingerprint density at radius 1 is 1.00 bits per heavy atom. The first-order valence-electron chi connectivity index (χ1n) is 7.94. The predicted octanol–water partition coefficient (Wildman–Crippen LogP) is 1.40. The number of nitrogens with one attached hydrogen (secondary N) is 2. The summed E-state index contributed by atoms with van der Waals surface area (Å²) >= 11 is 0. The molecule has 26 heavy (non-hydrogen) atoms. The zero-order valence-corrected chi connectivity index (χ0v) is 15.4. The fourth-order valence-corrected chi connectivity index (χ4v) is 5.43. The second-order valence-electron chi connectivity index (χ2n) is 6.07. The highest BCUT2D eigenvalue weighted by atomic mass is 32.2. The Labute approximate surface area is 152 Å². The lowest BCUT2D eigenvalue weighted by Gasteiger charge is -2.12. The average Bonchev–Trinajstić information content (AvgIpc) is 2.94. The van der Waals surface area contributed by atoms with Crippen LogP contribution in [0.3, 0.4) is 0 Å². The standard InChI is InChI=1S/C17H18N2O5S2/c20-17(18-15-10-11-25(21,22)12-15)13-6-8-14(9-7-13)19-26(23,24)16-4-2-1-3-5-16/h1-9,15,19H,10-12H2,(H,18,20)/t15-/m0/s1. The number of hydrogen-bond donors (Lipinski definition) is 2. The molecule has 7 nitrogen and oxygen atoms in total. The first-order chi connectivity index (χ1) is 12.3. The van der Waals surface area contributed by atoms with Crippen LogP contribution in [0.1, 0.15) is 16.8 Å². The van der Waals surface area contributed by atoms with Crippen LogP contribution >= 0.6 is 0 Å². The monoisotopic (exact) mass is 394 g/mol. The van der Waals surface area contributed by atoms with E-state index in [1.807, 2.05) is 0 Å². The van der Waals surface area contributed by atoms with Crippen molar-refractivity contribution in [2.45, 2.75) is 17.4 Å². The second-order valence-corrected chi connectivity index (χ2v) is 9.98. The summed E-state index contributed by atoms with van der Waals surface area (Å²) in [5.74, 6) is -0.351. The van der Waals surface area contributed by atoms with Gasteiger partial charge in [-0.25, -0.2) is 16.8 Å². The number of anilines is 1. The Balaban J connectivity index is 1.66. The quantitative estimate of drug-likeness (QED) is 0.797. The largest absolute Gasteiger partial charge is 0.348 e. The summed E-state index contributed by atoms with van der Waals surface area (Å²) in [6.45, 7) is 0. The number of carbonyl (C=O) groups excluding carboxylic acids is 1. The van der Waals surface area contributed by atoms with E-state index < -0.39 is 19.9 Å². The van der Waals surface area contributed by atoms with E-state index in [4.69, 9.17) is 0 Å². The van der Waals surface area contributed by atoms with Gasteiger partial charge in [0.25, 0.3) is 15.9 Å². The molecule has 2 aromatic rings. The molecule has 1 aliphatic heterocycles. The highest BCUT2D eigenvalue weighted by molar-refractivity contribution is 7.92. The lowest BCUT2D eigenvalue weighted by molar-refractivity contribution is 0.0941. The Bertz CT molecular complexity index is 1000. The maximum atomic E-state index is 12.3. The van der Waals surface area contributed by atoms with Gasteiger partial charge in [0.15, 0.2) is 9.84 Å².